The predicted molar refractivity (Wildman–Crippen MR) is 71.1 cm³/mol. The number of hydrogen-bond donors (Lipinski definition) is 1. The van der Waals surface area contributed by atoms with E-state index in [9.17, 15) is 4.79 Å². The van der Waals surface area contributed by atoms with Crippen LogP contribution in [0.1, 0.15) is 5.01 Å². The summed E-state index contributed by atoms with van der Waals surface area (Å²) in [5.74, 6) is -0.00283. The van der Waals surface area contributed by atoms with Crippen LogP contribution in [0.25, 0.3) is 10.2 Å². The first kappa shape index (κ1) is 11.9. The van der Waals surface area contributed by atoms with Crippen LogP contribution in [0.3, 0.4) is 0 Å². The summed E-state index contributed by atoms with van der Waals surface area (Å²) in [6.07, 6.45) is 0. The van der Waals surface area contributed by atoms with E-state index in [1.165, 1.54) is 11.8 Å². The van der Waals surface area contributed by atoms with Gasteiger partial charge in [0.2, 0.25) is 0 Å². The van der Waals surface area contributed by atoms with Gasteiger partial charge in [0.1, 0.15) is 5.01 Å². The number of carboxylic acids is 1. The van der Waals surface area contributed by atoms with Gasteiger partial charge >= 0.3 is 5.97 Å². The summed E-state index contributed by atoms with van der Waals surface area (Å²) < 4.78 is 2.14. The SMILES string of the molecule is O=C(O)CSCc1nc2cc(Br)ccc2s1. The molecule has 84 valence electrons. The van der Waals surface area contributed by atoms with Gasteiger partial charge in [-0.2, -0.15) is 0 Å². The summed E-state index contributed by atoms with van der Waals surface area (Å²) in [6, 6.07) is 5.97. The lowest BCUT2D eigenvalue weighted by Crippen LogP contribution is -1.97. The molecule has 3 nitrogen and oxygen atoms in total. The molecule has 0 aliphatic heterocycles. The van der Waals surface area contributed by atoms with E-state index < -0.39 is 5.97 Å². The quantitative estimate of drug-likeness (QED) is 0.939. The van der Waals surface area contributed by atoms with Gasteiger partial charge in [0, 0.05) is 10.2 Å². The summed E-state index contributed by atoms with van der Waals surface area (Å²) in [5.41, 5.74) is 0.963. The first-order valence-corrected chi connectivity index (χ1v) is 7.26. The highest BCUT2D eigenvalue weighted by molar-refractivity contribution is 9.10. The number of benzene rings is 1. The maximum absolute atomic E-state index is 10.4. The average Bonchev–Trinajstić information content (AvgIpc) is 2.58. The van der Waals surface area contributed by atoms with Crippen LogP contribution < -0.4 is 0 Å². The number of carboxylic acid groups (broad SMARTS) is 1. The van der Waals surface area contributed by atoms with Crippen LogP contribution in [0.5, 0.6) is 0 Å². The topological polar surface area (TPSA) is 50.2 Å². The molecule has 0 amide bonds. The molecule has 1 heterocycles. The van der Waals surface area contributed by atoms with Crippen molar-refractivity contribution >= 4 is 55.2 Å². The molecular weight excluding hydrogens is 310 g/mol. The number of hydrogen-bond acceptors (Lipinski definition) is 4. The fourth-order valence-corrected chi connectivity index (χ4v) is 3.33. The van der Waals surface area contributed by atoms with Crippen molar-refractivity contribution in [1.29, 1.82) is 0 Å². The molecule has 0 saturated heterocycles. The first-order chi connectivity index (χ1) is 7.65. The molecule has 1 aromatic carbocycles. The summed E-state index contributed by atoms with van der Waals surface area (Å²) >= 11 is 6.38. The fourth-order valence-electron chi connectivity index (χ4n) is 1.24. The third kappa shape index (κ3) is 2.96. The lowest BCUT2D eigenvalue weighted by atomic mass is 10.3. The Kier molecular flexibility index (Phi) is 3.83. The number of nitrogens with zero attached hydrogens (tertiary/aromatic N) is 1. The van der Waals surface area contributed by atoms with Crippen LogP contribution in [-0.2, 0) is 10.5 Å². The Morgan fingerprint density at radius 3 is 3.12 bits per heavy atom. The van der Waals surface area contributed by atoms with Crippen LogP contribution in [0.15, 0.2) is 22.7 Å². The summed E-state index contributed by atoms with van der Waals surface area (Å²) in [7, 11) is 0. The van der Waals surface area contributed by atoms with Gasteiger partial charge in [-0.15, -0.1) is 23.1 Å². The molecular formula is C10H8BrNO2S2. The molecule has 2 rings (SSSR count). The normalized spacial score (nSPS) is 10.8. The number of aromatic nitrogens is 1. The van der Waals surface area contributed by atoms with E-state index in [1.807, 2.05) is 18.2 Å². The molecule has 1 N–H and O–H groups in total. The zero-order valence-corrected chi connectivity index (χ0v) is 11.4. The van der Waals surface area contributed by atoms with E-state index in [4.69, 9.17) is 5.11 Å². The molecule has 0 radical (unpaired) electrons. The Balaban J connectivity index is 2.10. The number of aliphatic carboxylic acids is 1. The second-order valence-electron chi connectivity index (χ2n) is 3.11. The Morgan fingerprint density at radius 2 is 2.38 bits per heavy atom. The maximum atomic E-state index is 10.4. The van der Waals surface area contributed by atoms with E-state index >= 15 is 0 Å². The van der Waals surface area contributed by atoms with Crippen molar-refractivity contribution in [2.45, 2.75) is 5.75 Å². The third-order valence-electron chi connectivity index (χ3n) is 1.84. The molecule has 0 fully saturated rings. The van der Waals surface area contributed by atoms with Crippen molar-refractivity contribution in [3.63, 3.8) is 0 Å². The Hall–Kier alpha value is -0.590. The van der Waals surface area contributed by atoms with Crippen molar-refractivity contribution in [2.24, 2.45) is 0 Å². The lowest BCUT2D eigenvalue weighted by Gasteiger charge is -1.92. The van der Waals surface area contributed by atoms with Gasteiger partial charge in [0.25, 0.3) is 0 Å². The van der Waals surface area contributed by atoms with E-state index in [0.29, 0.717) is 5.75 Å². The fraction of sp³-hybridized carbons (Fsp3) is 0.200. The standard InChI is InChI=1S/C10H8BrNO2S2/c11-6-1-2-8-7(3-6)12-9(16-8)4-15-5-10(13)14/h1-3H,4-5H2,(H,13,14). The summed E-state index contributed by atoms with van der Waals surface area (Å²) in [5, 5.41) is 9.50. The highest BCUT2D eigenvalue weighted by atomic mass is 79.9. The van der Waals surface area contributed by atoms with Gasteiger partial charge in [-0.05, 0) is 18.2 Å². The molecule has 0 spiro atoms. The minimum Gasteiger partial charge on any atom is -0.481 e. The minimum absolute atomic E-state index is 0.125. The molecule has 0 atom stereocenters. The Bertz CT molecular complexity index is 527. The largest absolute Gasteiger partial charge is 0.481 e. The highest BCUT2D eigenvalue weighted by Gasteiger charge is 2.05. The van der Waals surface area contributed by atoms with Gasteiger partial charge in [-0.25, -0.2) is 4.98 Å². The van der Waals surface area contributed by atoms with Gasteiger partial charge in [0.15, 0.2) is 0 Å². The zero-order valence-electron chi connectivity index (χ0n) is 8.14. The number of carbonyl (C=O) groups is 1. The van der Waals surface area contributed by atoms with E-state index in [0.717, 1.165) is 19.7 Å². The number of halogens is 1. The predicted octanol–water partition coefficient (Wildman–Crippen LogP) is 3.38. The summed E-state index contributed by atoms with van der Waals surface area (Å²) in [4.78, 5) is 14.8. The number of thioether (sulfide) groups is 1. The van der Waals surface area contributed by atoms with Crippen molar-refractivity contribution in [2.75, 3.05) is 5.75 Å². The van der Waals surface area contributed by atoms with Crippen molar-refractivity contribution in [3.05, 3.63) is 27.7 Å². The Morgan fingerprint density at radius 1 is 1.56 bits per heavy atom. The van der Waals surface area contributed by atoms with Crippen LogP contribution in [-0.4, -0.2) is 21.8 Å². The van der Waals surface area contributed by atoms with Gasteiger partial charge in [0.05, 0.1) is 16.0 Å². The molecule has 0 aliphatic rings. The molecule has 1 aromatic heterocycles. The van der Waals surface area contributed by atoms with Crippen molar-refractivity contribution in [1.82, 2.24) is 4.98 Å². The van der Waals surface area contributed by atoms with E-state index in [1.54, 1.807) is 11.3 Å². The molecule has 0 aliphatic carbocycles. The third-order valence-corrected chi connectivity index (χ3v) is 4.49. The van der Waals surface area contributed by atoms with Crippen molar-refractivity contribution < 1.29 is 9.90 Å². The zero-order chi connectivity index (χ0) is 11.5. The second-order valence-corrected chi connectivity index (χ2v) is 6.12. The summed E-state index contributed by atoms with van der Waals surface area (Å²) in [6.45, 7) is 0. The molecule has 2 aromatic rings. The van der Waals surface area contributed by atoms with Gasteiger partial charge < -0.3 is 5.11 Å². The monoisotopic (exact) mass is 317 g/mol. The minimum atomic E-state index is -0.783. The molecule has 6 heteroatoms. The van der Waals surface area contributed by atoms with E-state index in [-0.39, 0.29) is 5.75 Å². The molecule has 0 unspecified atom stereocenters. The average molecular weight is 318 g/mol. The molecule has 0 bridgehead atoms. The van der Waals surface area contributed by atoms with E-state index in [2.05, 4.69) is 20.9 Å². The van der Waals surface area contributed by atoms with Crippen LogP contribution in [0.2, 0.25) is 0 Å². The number of rotatable bonds is 4. The molecule has 16 heavy (non-hydrogen) atoms. The molecule has 0 saturated carbocycles. The number of thiazole rings is 1. The smallest absolute Gasteiger partial charge is 0.313 e. The Labute approximate surface area is 109 Å². The lowest BCUT2D eigenvalue weighted by molar-refractivity contribution is -0.133. The second kappa shape index (κ2) is 5.16. The van der Waals surface area contributed by atoms with Gasteiger partial charge in [-0.3, -0.25) is 4.79 Å². The maximum Gasteiger partial charge on any atom is 0.313 e. The van der Waals surface area contributed by atoms with Crippen LogP contribution in [0.4, 0.5) is 0 Å². The highest BCUT2D eigenvalue weighted by Crippen LogP contribution is 2.27. The van der Waals surface area contributed by atoms with Gasteiger partial charge in [-0.1, -0.05) is 15.9 Å². The first-order valence-electron chi connectivity index (χ1n) is 4.49. The number of fused-ring (bicyclic) bond motifs is 1. The van der Waals surface area contributed by atoms with Crippen LogP contribution in [0, 0.1) is 0 Å². The van der Waals surface area contributed by atoms with Crippen LogP contribution >= 0.6 is 39.0 Å². The van der Waals surface area contributed by atoms with Crippen molar-refractivity contribution in [3.8, 4) is 0 Å².